The van der Waals surface area contributed by atoms with Crippen molar-refractivity contribution in [2.24, 2.45) is 5.92 Å². The van der Waals surface area contributed by atoms with Gasteiger partial charge in [-0.05, 0) is 60.4 Å². The zero-order valence-electron chi connectivity index (χ0n) is 19.1. The van der Waals surface area contributed by atoms with Crippen LogP contribution in [0.2, 0.25) is 5.02 Å². The third-order valence-corrected chi connectivity index (χ3v) is 6.07. The number of halogens is 1. The molecule has 2 aromatic rings. The lowest BCUT2D eigenvalue weighted by molar-refractivity contribution is -0.141. The second-order valence-corrected chi connectivity index (χ2v) is 8.59. The van der Waals surface area contributed by atoms with Crippen molar-refractivity contribution >= 4 is 23.5 Å². The van der Waals surface area contributed by atoms with E-state index >= 15 is 0 Å². The summed E-state index contributed by atoms with van der Waals surface area (Å²) in [4.78, 5) is 23.9. The van der Waals surface area contributed by atoms with Gasteiger partial charge >= 0.3 is 5.97 Å². The summed E-state index contributed by atoms with van der Waals surface area (Å²) in [5.74, 6) is -0.0706. The van der Waals surface area contributed by atoms with Crippen LogP contribution >= 0.6 is 11.6 Å². The van der Waals surface area contributed by atoms with Gasteiger partial charge in [0.25, 0.3) is 0 Å². The van der Waals surface area contributed by atoms with Crippen LogP contribution in [0.3, 0.4) is 0 Å². The fourth-order valence-electron chi connectivity index (χ4n) is 3.72. The molecule has 0 bridgehead atoms. The molecule has 2 aromatic carbocycles. The Morgan fingerprint density at radius 3 is 2.47 bits per heavy atom. The molecule has 0 aliphatic rings. The minimum Gasteiger partial charge on any atom is -0.495 e. The first-order valence-corrected chi connectivity index (χ1v) is 11.2. The number of benzene rings is 2. The van der Waals surface area contributed by atoms with Crippen LogP contribution in [0.25, 0.3) is 0 Å². The maximum Gasteiger partial charge on any atom is 0.326 e. The summed E-state index contributed by atoms with van der Waals surface area (Å²) < 4.78 is 5.23. The Labute approximate surface area is 195 Å². The molecule has 3 atom stereocenters. The van der Waals surface area contributed by atoms with Crippen molar-refractivity contribution in [3.05, 3.63) is 76.3 Å². The van der Waals surface area contributed by atoms with Crippen LogP contribution < -0.4 is 10.1 Å². The molecule has 32 heavy (non-hydrogen) atoms. The van der Waals surface area contributed by atoms with Crippen molar-refractivity contribution in [3.63, 3.8) is 0 Å². The first-order chi connectivity index (χ1) is 15.2. The number of carbonyl (C=O) groups excluding carboxylic acids is 1. The van der Waals surface area contributed by atoms with Crippen molar-refractivity contribution in [3.8, 4) is 5.75 Å². The second kappa shape index (κ2) is 12.3. The number of carboxylic acids is 1. The number of carbonyl (C=O) groups is 2. The van der Waals surface area contributed by atoms with Crippen LogP contribution in [0, 0.1) is 12.8 Å². The average molecular weight is 458 g/mol. The molecule has 0 radical (unpaired) electrons. The molecule has 2 N–H and O–H groups in total. The Kier molecular flexibility index (Phi) is 9.79. The quantitative estimate of drug-likeness (QED) is 0.434. The summed E-state index contributed by atoms with van der Waals surface area (Å²) in [5, 5.41) is 12.5. The first kappa shape index (κ1) is 25.5. The van der Waals surface area contributed by atoms with Crippen LogP contribution in [0.1, 0.15) is 49.3 Å². The van der Waals surface area contributed by atoms with Gasteiger partial charge in [0.2, 0.25) is 5.91 Å². The molecule has 0 spiro atoms. The molecule has 0 fully saturated rings. The van der Waals surface area contributed by atoms with E-state index in [1.54, 1.807) is 12.1 Å². The maximum absolute atomic E-state index is 12.3. The van der Waals surface area contributed by atoms with Gasteiger partial charge in [-0.3, -0.25) is 4.79 Å². The summed E-state index contributed by atoms with van der Waals surface area (Å²) >= 11 is 6.20. The molecule has 1 amide bonds. The van der Waals surface area contributed by atoms with E-state index in [0.717, 1.165) is 18.4 Å². The third-order valence-electron chi connectivity index (χ3n) is 5.78. The van der Waals surface area contributed by atoms with Gasteiger partial charge in [-0.25, -0.2) is 4.79 Å². The molecule has 6 heteroatoms. The minimum atomic E-state index is -1.10. The highest BCUT2D eigenvalue weighted by molar-refractivity contribution is 6.32. The lowest BCUT2D eigenvalue weighted by atomic mass is 9.86. The van der Waals surface area contributed by atoms with Gasteiger partial charge in [0.1, 0.15) is 11.8 Å². The molecular weight excluding hydrogens is 426 g/mol. The van der Waals surface area contributed by atoms with Gasteiger partial charge in [0, 0.05) is 6.42 Å². The number of carboxylic acid groups (broad SMARTS) is 1. The van der Waals surface area contributed by atoms with Gasteiger partial charge in [0.05, 0.1) is 12.1 Å². The summed E-state index contributed by atoms with van der Waals surface area (Å²) in [6, 6.07) is 12.8. The highest BCUT2D eigenvalue weighted by atomic mass is 35.5. The fraction of sp³-hybridized carbons (Fsp3) is 0.385. The van der Waals surface area contributed by atoms with Gasteiger partial charge in [-0.1, -0.05) is 67.9 Å². The number of hydrogen-bond donors (Lipinski definition) is 2. The number of ether oxygens (including phenoxy) is 1. The number of allylic oxidation sites excluding steroid dienone is 1. The van der Waals surface area contributed by atoms with E-state index in [9.17, 15) is 14.7 Å². The Morgan fingerprint density at radius 2 is 1.88 bits per heavy atom. The number of hydrogen-bond acceptors (Lipinski definition) is 3. The average Bonchev–Trinajstić information content (AvgIpc) is 2.76. The largest absolute Gasteiger partial charge is 0.495 e. The predicted octanol–water partition coefficient (Wildman–Crippen LogP) is 5.55. The summed E-state index contributed by atoms with van der Waals surface area (Å²) in [7, 11) is 1.53. The number of aliphatic carboxylic acids is 1. The van der Waals surface area contributed by atoms with E-state index in [4.69, 9.17) is 16.3 Å². The number of methoxy groups -OCH3 is 1. The lowest BCUT2D eigenvalue weighted by Gasteiger charge is -2.19. The molecular formula is C26H32ClNO4. The summed E-state index contributed by atoms with van der Waals surface area (Å²) in [6.45, 7) is 6.25. The van der Waals surface area contributed by atoms with Crippen LogP contribution in [0.15, 0.2) is 54.6 Å². The first-order valence-electron chi connectivity index (χ1n) is 10.8. The van der Waals surface area contributed by atoms with Crippen LogP contribution in [0.4, 0.5) is 0 Å². The van der Waals surface area contributed by atoms with Crippen molar-refractivity contribution in [2.75, 3.05) is 7.11 Å². The van der Waals surface area contributed by atoms with E-state index in [0.29, 0.717) is 28.2 Å². The van der Waals surface area contributed by atoms with Crippen molar-refractivity contribution in [2.45, 2.75) is 52.0 Å². The second-order valence-electron chi connectivity index (χ2n) is 8.19. The summed E-state index contributed by atoms with van der Waals surface area (Å²) in [5.41, 5.74) is 2.83. The molecule has 0 aliphatic heterocycles. The third kappa shape index (κ3) is 7.41. The van der Waals surface area contributed by atoms with Crippen LogP contribution in [0.5, 0.6) is 5.75 Å². The van der Waals surface area contributed by atoms with Crippen LogP contribution in [-0.2, 0) is 16.0 Å². The van der Waals surface area contributed by atoms with E-state index in [2.05, 4.69) is 31.3 Å². The predicted molar refractivity (Wildman–Crippen MR) is 128 cm³/mol. The lowest BCUT2D eigenvalue weighted by Crippen LogP contribution is -2.41. The molecule has 172 valence electrons. The Balaban J connectivity index is 1.89. The van der Waals surface area contributed by atoms with E-state index in [-0.39, 0.29) is 6.42 Å². The molecule has 2 rings (SSSR count). The number of amides is 1. The molecule has 5 nitrogen and oxygen atoms in total. The highest BCUT2D eigenvalue weighted by Crippen LogP contribution is 2.30. The zero-order chi connectivity index (χ0) is 23.7. The minimum absolute atomic E-state index is 0.130. The molecule has 0 saturated carbocycles. The number of rotatable bonds is 11. The van der Waals surface area contributed by atoms with Crippen molar-refractivity contribution < 1.29 is 19.4 Å². The number of aryl methyl sites for hydroxylation is 1. The van der Waals surface area contributed by atoms with Gasteiger partial charge in [0.15, 0.2) is 0 Å². The van der Waals surface area contributed by atoms with E-state index in [1.165, 1.54) is 18.7 Å². The maximum atomic E-state index is 12.3. The number of nitrogens with one attached hydrogen (secondary N) is 1. The highest BCUT2D eigenvalue weighted by Gasteiger charge is 2.21. The van der Waals surface area contributed by atoms with E-state index < -0.39 is 17.9 Å². The van der Waals surface area contributed by atoms with Crippen molar-refractivity contribution in [1.82, 2.24) is 5.32 Å². The van der Waals surface area contributed by atoms with Crippen molar-refractivity contribution in [1.29, 1.82) is 0 Å². The van der Waals surface area contributed by atoms with Gasteiger partial charge < -0.3 is 15.2 Å². The standard InChI is InChI=1S/C26H32ClNO4/c1-17(19(3)21-11-6-5-7-12-21)10-8-9-13-24(29)28-23(26(30)31)16-20-14-18(2)25(32-4)22(27)15-20/h5-7,9,11-15,17,19,23H,8,10,16H2,1-4H3,(H,28,29)(H,30,31)/b13-9+/t17-,19?,23+/m0/s1. The molecule has 1 unspecified atom stereocenters. The van der Waals surface area contributed by atoms with E-state index in [1.807, 2.05) is 31.2 Å². The zero-order valence-corrected chi connectivity index (χ0v) is 19.9. The Morgan fingerprint density at radius 1 is 1.19 bits per heavy atom. The Hall–Kier alpha value is -2.79. The Bertz CT molecular complexity index is 919. The normalized spacial score (nSPS) is 14.0. The van der Waals surface area contributed by atoms with Gasteiger partial charge in [-0.15, -0.1) is 0 Å². The monoisotopic (exact) mass is 457 g/mol. The molecule has 0 aliphatic carbocycles. The SMILES string of the molecule is COc1c(C)cc(C[C@@H](NC(=O)/C=C/CC[C@H](C)C(C)c2ccccc2)C(=O)O)cc1Cl. The smallest absolute Gasteiger partial charge is 0.326 e. The fourth-order valence-corrected chi connectivity index (χ4v) is 4.08. The van der Waals surface area contributed by atoms with Crippen LogP contribution in [-0.4, -0.2) is 30.1 Å². The molecule has 0 aromatic heterocycles. The summed E-state index contributed by atoms with van der Waals surface area (Å²) in [6.07, 6.45) is 5.03. The molecule has 0 saturated heterocycles. The van der Waals surface area contributed by atoms with Gasteiger partial charge in [-0.2, -0.15) is 0 Å². The topological polar surface area (TPSA) is 75.6 Å². The molecule has 0 heterocycles.